The number of nitrogens with zero attached hydrogens (tertiary/aromatic N) is 4. The van der Waals surface area contributed by atoms with Crippen molar-refractivity contribution >= 4 is 5.91 Å². The fourth-order valence-corrected chi connectivity index (χ4v) is 3.78. The molecule has 2 fully saturated rings. The lowest BCUT2D eigenvalue weighted by Crippen LogP contribution is -2.53. The highest BCUT2D eigenvalue weighted by atomic mass is 16.2. The van der Waals surface area contributed by atoms with E-state index in [1.165, 1.54) is 5.69 Å². The SMILES string of the molecule is Cc1cc(CN2CC[C@H](CNC(=O)C3CC3)[C@H](N(C)C)C2)n(C)n1. The van der Waals surface area contributed by atoms with E-state index in [0.717, 1.165) is 51.1 Å². The molecule has 1 aromatic heterocycles. The van der Waals surface area contributed by atoms with Crippen LogP contribution in [0.3, 0.4) is 0 Å². The van der Waals surface area contributed by atoms with E-state index in [9.17, 15) is 4.79 Å². The molecule has 1 amide bonds. The van der Waals surface area contributed by atoms with E-state index >= 15 is 0 Å². The van der Waals surface area contributed by atoms with E-state index in [2.05, 4.69) is 40.4 Å². The number of nitrogens with one attached hydrogen (secondary N) is 1. The van der Waals surface area contributed by atoms with Crippen LogP contribution in [0.5, 0.6) is 0 Å². The van der Waals surface area contributed by atoms with Crippen molar-refractivity contribution < 1.29 is 4.79 Å². The fraction of sp³-hybridized carbons (Fsp3) is 0.778. The van der Waals surface area contributed by atoms with Crippen molar-refractivity contribution in [3.8, 4) is 0 Å². The molecule has 1 saturated heterocycles. The molecule has 1 aromatic rings. The maximum atomic E-state index is 11.9. The van der Waals surface area contributed by atoms with Crippen molar-refractivity contribution in [2.75, 3.05) is 33.7 Å². The molecule has 0 aromatic carbocycles. The van der Waals surface area contributed by atoms with Gasteiger partial charge in [-0.1, -0.05) is 0 Å². The minimum Gasteiger partial charge on any atom is -0.356 e. The molecule has 0 bridgehead atoms. The van der Waals surface area contributed by atoms with Gasteiger partial charge in [-0.3, -0.25) is 14.4 Å². The van der Waals surface area contributed by atoms with Crippen molar-refractivity contribution in [2.45, 2.75) is 38.8 Å². The Morgan fingerprint density at radius 3 is 2.71 bits per heavy atom. The first-order chi connectivity index (χ1) is 11.4. The molecule has 1 aliphatic heterocycles. The van der Waals surface area contributed by atoms with Crippen molar-refractivity contribution in [2.24, 2.45) is 18.9 Å². The predicted molar refractivity (Wildman–Crippen MR) is 94.5 cm³/mol. The van der Waals surface area contributed by atoms with Gasteiger partial charge in [0.25, 0.3) is 0 Å². The zero-order valence-electron chi connectivity index (χ0n) is 15.5. The van der Waals surface area contributed by atoms with Crippen LogP contribution in [0.1, 0.15) is 30.7 Å². The Morgan fingerprint density at radius 1 is 1.38 bits per heavy atom. The second kappa shape index (κ2) is 7.23. The topological polar surface area (TPSA) is 53.4 Å². The average Bonchev–Trinajstić information content (AvgIpc) is 3.32. The number of carbonyl (C=O) groups is 1. The van der Waals surface area contributed by atoms with Crippen LogP contribution in [0.2, 0.25) is 0 Å². The molecule has 0 unspecified atom stereocenters. The van der Waals surface area contributed by atoms with Gasteiger partial charge >= 0.3 is 0 Å². The molecule has 24 heavy (non-hydrogen) atoms. The zero-order chi connectivity index (χ0) is 17.3. The Bertz CT molecular complexity index is 578. The van der Waals surface area contributed by atoms with Crippen LogP contribution >= 0.6 is 0 Å². The summed E-state index contributed by atoms with van der Waals surface area (Å²) in [5.74, 6) is 1.10. The van der Waals surface area contributed by atoms with Crippen LogP contribution in [-0.2, 0) is 18.4 Å². The summed E-state index contributed by atoms with van der Waals surface area (Å²) >= 11 is 0. The van der Waals surface area contributed by atoms with Gasteiger partial charge in [-0.2, -0.15) is 5.10 Å². The summed E-state index contributed by atoms with van der Waals surface area (Å²) in [6.45, 7) is 5.93. The van der Waals surface area contributed by atoms with Gasteiger partial charge in [0.2, 0.25) is 5.91 Å². The van der Waals surface area contributed by atoms with E-state index in [-0.39, 0.29) is 5.91 Å². The second-order valence-electron chi connectivity index (χ2n) is 7.73. The molecule has 1 aliphatic carbocycles. The Labute approximate surface area is 145 Å². The summed E-state index contributed by atoms with van der Waals surface area (Å²) < 4.78 is 1.99. The number of amides is 1. The van der Waals surface area contributed by atoms with Crippen molar-refractivity contribution in [3.05, 3.63) is 17.5 Å². The highest BCUT2D eigenvalue weighted by Crippen LogP contribution is 2.29. The molecule has 134 valence electrons. The van der Waals surface area contributed by atoms with Crippen LogP contribution in [0.15, 0.2) is 6.07 Å². The zero-order valence-corrected chi connectivity index (χ0v) is 15.5. The second-order valence-corrected chi connectivity index (χ2v) is 7.73. The normalized spacial score (nSPS) is 25.2. The lowest BCUT2D eigenvalue weighted by Gasteiger charge is -2.41. The average molecular weight is 333 g/mol. The Kier molecular flexibility index (Phi) is 5.25. The van der Waals surface area contributed by atoms with Gasteiger partial charge in [-0.15, -0.1) is 0 Å². The minimum absolute atomic E-state index is 0.264. The lowest BCUT2D eigenvalue weighted by molar-refractivity contribution is -0.122. The van der Waals surface area contributed by atoms with E-state index in [1.54, 1.807) is 0 Å². The molecular formula is C18H31N5O. The van der Waals surface area contributed by atoms with Gasteiger partial charge in [-0.25, -0.2) is 0 Å². The minimum atomic E-state index is 0.264. The Balaban J connectivity index is 1.56. The molecule has 0 spiro atoms. The smallest absolute Gasteiger partial charge is 0.223 e. The molecule has 6 nitrogen and oxygen atoms in total. The molecule has 1 saturated carbocycles. The quantitative estimate of drug-likeness (QED) is 0.844. The van der Waals surface area contributed by atoms with Gasteiger partial charge < -0.3 is 10.2 Å². The van der Waals surface area contributed by atoms with Crippen LogP contribution in [0.4, 0.5) is 0 Å². The third-order valence-corrected chi connectivity index (χ3v) is 5.44. The number of likely N-dealkylation sites (tertiary alicyclic amines) is 1. The maximum absolute atomic E-state index is 11.9. The van der Waals surface area contributed by atoms with Gasteiger partial charge in [-0.05, 0) is 58.8 Å². The first-order valence-electron chi connectivity index (χ1n) is 9.10. The van der Waals surface area contributed by atoms with E-state index in [0.29, 0.717) is 17.9 Å². The maximum Gasteiger partial charge on any atom is 0.223 e. The number of aryl methyl sites for hydroxylation is 2. The van der Waals surface area contributed by atoms with Gasteiger partial charge in [0, 0.05) is 38.6 Å². The predicted octanol–water partition coefficient (Wildman–Crippen LogP) is 1.01. The third kappa shape index (κ3) is 4.16. The molecular weight excluding hydrogens is 302 g/mol. The molecule has 2 heterocycles. The van der Waals surface area contributed by atoms with Crippen molar-refractivity contribution in [1.82, 2.24) is 24.9 Å². The van der Waals surface area contributed by atoms with Crippen LogP contribution in [0.25, 0.3) is 0 Å². The third-order valence-electron chi connectivity index (χ3n) is 5.44. The number of rotatable bonds is 6. The summed E-state index contributed by atoms with van der Waals surface area (Å²) in [5, 5.41) is 7.63. The Morgan fingerprint density at radius 2 is 2.12 bits per heavy atom. The summed E-state index contributed by atoms with van der Waals surface area (Å²) in [5.41, 5.74) is 2.35. The van der Waals surface area contributed by atoms with E-state index < -0.39 is 0 Å². The van der Waals surface area contributed by atoms with E-state index in [1.807, 2.05) is 18.7 Å². The van der Waals surface area contributed by atoms with Crippen LogP contribution in [-0.4, -0.2) is 65.3 Å². The number of piperidine rings is 1. The first-order valence-corrected chi connectivity index (χ1v) is 9.10. The lowest BCUT2D eigenvalue weighted by atomic mass is 9.90. The molecule has 2 aliphatic rings. The number of likely N-dealkylation sites (N-methyl/N-ethyl adjacent to an activating group) is 1. The highest BCUT2D eigenvalue weighted by molar-refractivity contribution is 5.80. The molecule has 6 heteroatoms. The van der Waals surface area contributed by atoms with Crippen molar-refractivity contribution in [1.29, 1.82) is 0 Å². The molecule has 3 rings (SSSR count). The number of hydrogen-bond donors (Lipinski definition) is 1. The summed E-state index contributed by atoms with van der Waals surface area (Å²) in [6, 6.07) is 2.65. The standard InChI is InChI=1S/C18H31N5O/c1-13-9-16(22(4)20-13)11-23-8-7-15(17(12-23)21(2)3)10-19-18(24)14-5-6-14/h9,14-15,17H,5-8,10-12H2,1-4H3,(H,19,24)/t15-,17-/m1/s1. The number of hydrogen-bond acceptors (Lipinski definition) is 4. The van der Waals surface area contributed by atoms with Crippen LogP contribution < -0.4 is 5.32 Å². The monoisotopic (exact) mass is 333 g/mol. The largest absolute Gasteiger partial charge is 0.356 e. The summed E-state index contributed by atoms with van der Waals surface area (Å²) in [4.78, 5) is 16.8. The molecule has 0 radical (unpaired) electrons. The first kappa shape index (κ1) is 17.4. The summed E-state index contributed by atoms with van der Waals surface area (Å²) in [6.07, 6.45) is 3.28. The van der Waals surface area contributed by atoms with Crippen LogP contribution in [0, 0.1) is 18.8 Å². The molecule has 2 atom stereocenters. The van der Waals surface area contributed by atoms with Crippen molar-refractivity contribution in [3.63, 3.8) is 0 Å². The fourth-order valence-electron chi connectivity index (χ4n) is 3.78. The van der Waals surface area contributed by atoms with Gasteiger partial charge in [0.05, 0.1) is 11.4 Å². The Hall–Kier alpha value is -1.40. The highest BCUT2D eigenvalue weighted by Gasteiger charge is 2.33. The number of carbonyl (C=O) groups excluding carboxylic acids is 1. The van der Waals surface area contributed by atoms with Gasteiger partial charge in [0.1, 0.15) is 0 Å². The van der Waals surface area contributed by atoms with Gasteiger partial charge in [0.15, 0.2) is 0 Å². The molecule has 1 N–H and O–H groups in total. The number of aromatic nitrogens is 2. The van der Waals surface area contributed by atoms with E-state index in [4.69, 9.17) is 0 Å². The summed E-state index contributed by atoms with van der Waals surface area (Å²) in [7, 11) is 6.32.